The van der Waals surface area contributed by atoms with Gasteiger partial charge in [-0.1, -0.05) is 54.1 Å². The van der Waals surface area contributed by atoms with Gasteiger partial charge in [-0.3, -0.25) is 9.59 Å². The van der Waals surface area contributed by atoms with Gasteiger partial charge in [0, 0.05) is 35.1 Å². The molecule has 0 saturated heterocycles. The van der Waals surface area contributed by atoms with E-state index in [1.807, 2.05) is 48.5 Å². The van der Waals surface area contributed by atoms with Gasteiger partial charge in [-0.05, 0) is 47.0 Å². The van der Waals surface area contributed by atoms with E-state index in [1.54, 1.807) is 29.2 Å². The minimum atomic E-state index is -0.651. The first kappa shape index (κ1) is 20.5. The Morgan fingerprint density at radius 2 is 1.63 bits per heavy atom. The van der Waals surface area contributed by atoms with Crippen LogP contribution in [0.2, 0.25) is 5.02 Å². The summed E-state index contributed by atoms with van der Waals surface area (Å²) >= 11 is 11.9. The van der Waals surface area contributed by atoms with Gasteiger partial charge in [-0.25, -0.2) is 0 Å². The number of alkyl halides is 1. The number of fused-ring (bicyclic) bond motifs is 1. The highest BCUT2D eigenvalue weighted by Crippen LogP contribution is 2.26. The number of anilines is 1. The molecule has 0 fully saturated rings. The second-order valence-electron chi connectivity index (χ2n) is 7.26. The van der Waals surface area contributed by atoms with E-state index in [0.29, 0.717) is 29.4 Å². The second kappa shape index (κ2) is 8.90. The predicted molar refractivity (Wildman–Crippen MR) is 120 cm³/mol. The molecule has 0 saturated carbocycles. The molecule has 1 aliphatic heterocycles. The van der Waals surface area contributed by atoms with Crippen LogP contribution in [0.25, 0.3) is 0 Å². The van der Waals surface area contributed by atoms with Crippen LogP contribution in [-0.4, -0.2) is 22.8 Å². The fourth-order valence-electron chi connectivity index (χ4n) is 3.59. The molecule has 3 aromatic rings. The summed E-state index contributed by atoms with van der Waals surface area (Å²) in [4.78, 5) is 28.2. The zero-order valence-electron chi connectivity index (χ0n) is 16.1. The summed E-state index contributed by atoms with van der Waals surface area (Å²) in [6.07, 6.45) is 0.404. The number of amides is 2. The van der Waals surface area contributed by atoms with Crippen molar-refractivity contribution >= 4 is 40.7 Å². The lowest BCUT2D eigenvalue weighted by Gasteiger charge is -2.29. The van der Waals surface area contributed by atoms with Crippen molar-refractivity contribution in [2.75, 3.05) is 5.32 Å². The zero-order valence-corrected chi connectivity index (χ0v) is 17.7. The normalized spacial score (nSPS) is 15.9. The van der Waals surface area contributed by atoms with E-state index in [-0.39, 0.29) is 11.8 Å². The monoisotopic (exact) mass is 438 g/mol. The van der Waals surface area contributed by atoms with Gasteiger partial charge in [-0.2, -0.15) is 0 Å². The van der Waals surface area contributed by atoms with Gasteiger partial charge in [-0.15, -0.1) is 11.6 Å². The maximum atomic E-state index is 13.4. The SMILES string of the molecule is O=C1Nc2ccccc2CN(C(=O)c2ccc(Cl)cc2)C1Cc1ccc(CCl)cc1. The summed E-state index contributed by atoms with van der Waals surface area (Å²) in [5.41, 5.74) is 4.09. The summed E-state index contributed by atoms with van der Waals surface area (Å²) in [6, 6.07) is 21.4. The summed E-state index contributed by atoms with van der Waals surface area (Å²) in [5, 5.41) is 3.54. The van der Waals surface area contributed by atoms with Crippen LogP contribution in [0.3, 0.4) is 0 Å². The summed E-state index contributed by atoms with van der Waals surface area (Å²) in [6.45, 7) is 0.334. The Balaban J connectivity index is 1.70. The lowest BCUT2D eigenvalue weighted by molar-refractivity contribution is -0.120. The number of nitrogens with zero attached hydrogens (tertiary/aromatic N) is 1. The number of hydrogen-bond donors (Lipinski definition) is 1. The molecule has 1 heterocycles. The van der Waals surface area contributed by atoms with Gasteiger partial charge in [0.15, 0.2) is 0 Å². The zero-order chi connectivity index (χ0) is 21.1. The average molecular weight is 439 g/mol. The number of rotatable bonds is 4. The largest absolute Gasteiger partial charge is 0.324 e. The van der Waals surface area contributed by atoms with Gasteiger partial charge in [0.1, 0.15) is 6.04 Å². The Kier molecular flexibility index (Phi) is 6.07. The number of halogens is 2. The number of benzene rings is 3. The minimum absolute atomic E-state index is 0.205. The van der Waals surface area contributed by atoms with Crippen molar-refractivity contribution in [3.05, 3.63) is 100 Å². The highest BCUT2D eigenvalue weighted by atomic mass is 35.5. The van der Waals surface area contributed by atoms with E-state index in [0.717, 1.165) is 22.4 Å². The van der Waals surface area contributed by atoms with Crippen LogP contribution in [0.15, 0.2) is 72.8 Å². The highest BCUT2D eigenvalue weighted by molar-refractivity contribution is 6.30. The summed E-state index contributed by atoms with van der Waals surface area (Å²) < 4.78 is 0. The van der Waals surface area contributed by atoms with E-state index >= 15 is 0 Å². The first-order valence-corrected chi connectivity index (χ1v) is 10.6. The smallest absolute Gasteiger partial charge is 0.254 e. The first-order valence-electron chi connectivity index (χ1n) is 9.64. The number of carbonyl (C=O) groups is 2. The first-order chi connectivity index (χ1) is 14.5. The average Bonchev–Trinajstić information content (AvgIpc) is 2.91. The van der Waals surface area contributed by atoms with E-state index in [1.165, 1.54) is 0 Å². The summed E-state index contributed by atoms with van der Waals surface area (Å²) in [5.74, 6) is 0.0188. The molecule has 1 unspecified atom stereocenters. The molecule has 152 valence electrons. The molecule has 2 amide bonds. The van der Waals surface area contributed by atoms with Crippen molar-refractivity contribution in [1.29, 1.82) is 0 Å². The number of nitrogens with one attached hydrogen (secondary N) is 1. The van der Waals surface area contributed by atoms with E-state index in [4.69, 9.17) is 23.2 Å². The minimum Gasteiger partial charge on any atom is -0.324 e. The lowest BCUT2D eigenvalue weighted by atomic mass is 10.0. The molecule has 1 N–H and O–H groups in total. The summed E-state index contributed by atoms with van der Waals surface area (Å²) in [7, 11) is 0. The standard InChI is InChI=1S/C24H20Cl2N2O2/c25-14-17-7-5-16(6-8-17)13-22-23(29)27-21-4-2-1-3-19(21)15-28(22)24(30)18-9-11-20(26)12-10-18/h1-12,22H,13-15H2,(H,27,29). The Hall–Kier alpha value is -2.82. The molecule has 1 atom stereocenters. The van der Waals surface area contributed by atoms with Gasteiger partial charge in [0.05, 0.1) is 0 Å². The van der Waals surface area contributed by atoms with Crippen LogP contribution >= 0.6 is 23.2 Å². The Morgan fingerprint density at radius 1 is 0.967 bits per heavy atom. The third-order valence-electron chi connectivity index (χ3n) is 5.25. The fraction of sp³-hybridized carbons (Fsp3) is 0.167. The van der Waals surface area contributed by atoms with Crippen molar-refractivity contribution < 1.29 is 9.59 Å². The quantitative estimate of drug-likeness (QED) is 0.562. The molecule has 4 nitrogen and oxygen atoms in total. The van der Waals surface area contributed by atoms with E-state index in [2.05, 4.69) is 5.32 Å². The molecule has 3 aromatic carbocycles. The van der Waals surface area contributed by atoms with Gasteiger partial charge < -0.3 is 10.2 Å². The van der Waals surface area contributed by atoms with E-state index < -0.39 is 6.04 Å². The van der Waals surface area contributed by atoms with Crippen molar-refractivity contribution in [1.82, 2.24) is 4.90 Å². The fourth-order valence-corrected chi connectivity index (χ4v) is 3.90. The van der Waals surface area contributed by atoms with Crippen molar-refractivity contribution in [3.8, 4) is 0 Å². The van der Waals surface area contributed by atoms with Crippen LogP contribution < -0.4 is 5.32 Å². The van der Waals surface area contributed by atoms with E-state index in [9.17, 15) is 9.59 Å². The van der Waals surface area contributed by atoms with Crippen LogP contribution in [0, 0.1) is 0 Å². The Labute approximate surface area is 185 Å². The highest BCUT2D eigenvalue weighted by Gasteiger charge is 2.34. The number of hydrogen-bond acceptors (Lipinski definition) is 2. The molecule has 30 heavy (non-hydrogen) atoms. The molecule has 0 spiro atoms. The van der Waals surface area contributed by atoms with Gasteiger partial charge in [0.2, 0.25) is 5.91 Å². The van der Waals surface area contributed by atoms with Crippen LogP contribution in [0.5, 0.6) is 0 Å². The molecular weight excluding hydrogens is 419 g/mol. The lowest BCUT2D eigenvalue weighted by Crippen LogP contribution is -2.46. The molecule has 4 rings (SSSR count). The van der Waals surface area contributed by atoms with Crippen LogP contribution in [0.1, 0.15) is 27.0 Å². The topological polar surface area (TPSA) is 49.4 Å². The predicted octanol–water partition coefficient (Wildman–Crippen LogP) is 5.28. The Morgan fingerprint density at radius 3 is 2.33 bits per heavy atom. The molecule has 0 bridgehead atoms. The number of carbonyl (C=O) groups excluding carboxylic acids is 2. The second-order valence-corrected chi connectivity index (χ2v) is 7.96. The maximum Gasteiger partial charge on any atom is 0.254 e. The molecule has 0 aromatic heterocycles. The van der Waals surface area contributed by atoms with Crippen LogP contribution in [0.4, 0.5) is 5.69 Å². The molecule has 6 heteroatoms. The van der Waals surface area contributed by atoms with Crippen LogP contribution in [-0.2, 0) is 23.6 Å². The van der Waals surface area contributed by atoms with Gasteiger partial charge in [0.25, 0.3) is 5.91 Å². The molecule has 0 radical (unpaired) electrons. The van der Waals surface area contributed by atoms with Gasteiger partial charge >= 0.3 is 0 Å². The third kappa shape index (κ3) is 4.35. The molecule has 0 aliphatic carbocycles. The van der Waals surface area contributed by atoms with Crippen molar-refractivity contribution in [3.63, 3.8) is 0 Å². The molecular formula is C24H20Cl2N2O2. The third-order valence-corrected chi connectivity index (χ3v) is 5.81. The molecule has 1 aliphatic rings. The Bertz CT molecular complexity index is 1070. The maximum absolute atomic E-state index is 13.4. The van der Waals surface area contributed by atoms with Crippen molar-refractivity contribution in [2.24, 2.45) is 0 Å². The van der Waals surface area contributed by atoms with Crippen molar-refractivity contribution in [2.45, 2.75) is 24.9 Å². The number of para-hydroxylation sites is 1.